The van der Waals surface area contributed by atoms with Gasteiger partial charge in [-0.1, -0.05) is 19.1 Å². The number of imidazole rings is 1. The van der Waals surface area contributed by atoms with Crippen LogP contribution >= 0.6 is 0 Å². The van der Waals surface area contributed by atoms with Crippen LogP contribution in [0.25, 0.3) is 11.0 Å². The van der Waals surface area contributed by atoms with Gasteiger partial charge in [-0.05, 0) is 36.4 Å². The predicted octanol–water partition coefficient (Wildman–Crippen LogP) is 2.74. The van der Waals surface area contributed by atoms with E-state index in [9.17, 15) is 9.90 Å². The van der Waals surface area contributed by atoms with Crippen LogP contribution in [0.2, 0.25) is 0 Å². The fourth-order valence-corrected chi connectivity index (χ4v) is 2.75. The van der Waals surface area contributed by atoms with Gasteiger partial charge in [0.15, 0.2) is 0 Å². The molecule has 0 saturated heterocycles. The van der Waals surface area contributed by atoms with Crippen LogP contribution in [-0.4, -0.2) is 38.4 Å². The average molecular weight is 340 g/mol. The van der Waals surface area contributed by atoms with E-state index in [-0.39, 0.29) is 12.2 Å². The van der Waals surface area contributed by atoms with E-state index in [1.165, 1.54) is 12.1 Å². The minimum atomic E-state index is -0.981. The predicted molar refractivity (Wildman–Crippen MR) is 94.0 cm³/mol. The van der Waals surface area contributed by atoms with Crippen molar-refractivity contribution in [3.8, 4) is 5.75 Å². The maximum Gasteiger partial charge on any atom is 0.335 e. The third kappa shape index (κ3) is 3.80. The van der Waals surface area contributed by atoms with Crippen molar-refractivity contribution in [2.45, 2.75) is 26.0 Å². The monoisotopic (exact) mass is 340 g/mol. The SMILES string of the molecule is CCc1nc2ccccc2n1C[C@H](O)COc1ccc(C(=O)O)cc1. The lowest BCUT2D eigenvalue weighted by molar-refractivity contribution is 0.0696. The number of rotatable bonds is 7. The summed E-state index contributed by atoms with van der Waals surface area (Å²) in [6, 6.07) is 14.0. The molecule has 0 bridgehead atoms. The Balaban J connectivity index is 1.66. The number of aryl methyl sites for hydroxylation is 1. The largest absolute Gasteiger partial charge is 0.491 e. The number of carbonyl (C=O) groups is 1. The second-order valence-corrected chi connectivity index (χ2v) is 5.78. The van der Waals surface area contributed by atoms with Gasteiger partial charge < -0.3 is 19.5 Å². The fourth-order valence-electron chi connectivity index (χ4n) is 2.75. The van der Waals surface area contributed by atoms with Crippen molar-refractivity contribution in [2.24, 2.45) is 0 Å². The van der Waals surface area contributed by atoms with Crippen LogP contribution in [0.15, 0.2) is 48.5 Å². The van der Waals surface area contributed by atoms with Gasteiger partial charge in [0.1, 0.15) is 24.3 Å². The number of aromatic nitrogens is 2. The zero-order valence-corrected chi connectivity index (χ0v) is 13.9. The van der Waals surface area contributed by atoms with E-state index in [2.05, 4.69) is 4.98 Å². The van der Waals surface area contributed by atoms with Crippen LogP contribution in [0.1, 0.15) is 23.1 Å². The number of ether oxygens (including phenoxy) is 1. The average Bonchev–Trinajstić information content (AvgIpc) is 2.98. The van der Waals surface area contributed by atoms with Gasteiger partial charge in [-0.15, -0.1) is 0 Å². The van der Waals surface area contributed by atoms with Crippen LogP contribution in [0.4, 0.5) is 0 Å². The van der Waals surface area contributed by atoms with Crippen molar-refractivity contribution in [3.05, 3.63) is 59.9 Å². The van der Waals surface area contributed by atoms with Gasteiger partial charge in [0.2, 0.25) is 0 Å². The van der Waals surface area contributed by atoms with Gasteiger partial charge in [0.05, 0.1) is 23.1 Å². The first kappa shape index (κ1) is 17.0. The summed E-state index contributed by atoms with van der Waals surface area (Å²) in [7, 11) is 0. The molecule has 0 aliphatic rings. The van der Waals surface area contributed by atoms with Crippen LogP contribution in [0.3, 0.4) is 0 Å². The Bertz CT molecular complexity index is 871. The molecule has 6 nitrogen and oxygen atoms in total. The summed E-state index contributed by atoms with van der Waals surface area (Å²) in [5.74, 6) is 0.465. The molecule has 0 spiro atoms. The van der Waals surface area contributed by atoms with Crippen LogP contribution < -0.4 is 4.74 Å². The van der Waals surface area contributed by atoms with Crippen molar-refractivity contribution in [1.82, 2.24) is 9.55 Å². The molecule has 2 N–H and O–H groups in total. The molecule has 0 radical (unpaired) electrons. The van der Waals surface area contributed by atoms with Crippen molar-refractivity contribution in [3.63, 3.8) is 0 Å². The number of hydrogen-bond acceptors (Lipinski definition) is 4. The molecule has 130 valence electrons. The Kier molecular flexibility index (Phi) is 5.00. The summed E-state index contributed by atoms with van der Waals surface area (Å²) in [5, 5.41) is 19.2. The van der Waals surface area contributed by atoms with E-state index < -0.39 is 12.1 Å². The zero-order valence-electron chi connectivity index (χ0n) is 13.9. The molecule has 1 heterocycles. The summed E-state index contributed by atoms with van der Waals surface area (Å²) in [6.45, 7) is 2.53. The van der Waals surface area contributed by atoms with E-state index >= 15 is 0 Å². The Morgan fingerprint density at radius 1 is 1.20 bits per heavy atom. The Morgan fingerprint density at radius 3 is 2.60 bits per heavy atom. The number of aliphatic hydroxyl groups excluding tert-OH is 1. The number of para-hydroxylation sites is 2. The molecular formula is C19H20N2O4. The fraction of sp³-hybridized carbons (Fsp3) is 0.263. The molecule has 0 aliphatic heterocycles. The van der Waals surface area contributed by atoms with Gasteiger partial charge in [-0.25, -0.2) is 9.78 Å². The molecule has 0 unspecified atom stereocenters. The number of benzene rings is 2. The smallest absolute Gasteiger partial charge is 0.335 e. The first-order valence-corrected chi connectivity index (χ1v) is 8.17. The Labute approximate surface area is 145 Å². The molecule has 3 aromatic rings. The molecule has 0 fully saturated rings. The highest BCUT2D eigenvalue weighted by atomic mass is 16.5. The van der Waals surface area contributed by atoms with E-state index in [1.54, 1.807) is 12.1 Å². The lowest BCUT2D eigenvalue weighted by Gasteiger charge is -2.15. The molecule has 0 amide bonds. The molecule has 1 atom stereocenters. The van der Waals surface area contributed by atoms with Crippen LogP contribution in [0.5, 0.6) is 5.75 Å². The van der Waals surface area contributed by atoms with Gasteiger partial charge >= 0.3 is 5.97 Å². The maximum absolute atomic E-state index is 10.8. The summed E-state index contributed by atoms with van der Waals surface area (Å²) in [4.78, 5) is 15.4. The van der Waals surface area contributed by atoms with Crippen LogP contribution in [0, 0.1) is 0 Å². The summed E-state index contributed by atoms with van der Waals surface area (Å²) in [5.41, 5.74) is 2.10. The van der Waals surface area contributed by atoms with Crippen molar-refractivity contribution >= 4 is 17.0 Å². The summed E-state index contributed by atoms with van der Waals surface area (Å²) in [6.07, 6.45) is 0.0703. The highest BCUT2D eigenvalue weighted by Gasteiger charge is 2.14. The Morgan fingerprint density at radius 2 is 1.92 bits per heavy atom. The van der Waals surface area contributed by atoms with Gasteiger partial charge in [-0.2, -0.15) is 0 Å². The van der Waals surface area contributed by atoms with Gasteiger partial charge in [0.25, 0.3) is 0 Å². The minimum absolute atomic E-state index is 0.113. The van der Waals surface area contributed by atoms with E-state index in [0.717, 1.165) is 23.3 Å². The number of hydrogen-bond donors (Lipinski definition) is 2. The van der Waals surface area contributed by atoms with Gasteiger partial charge in [0, 0.05) is 6.42 Å². The Hall–Kier alpha value is -2.86. The first-order valence-electron chi connectivity index (χ1n) is 8.17. The molecule has 25 heavy (non-hydrogen) atoms. The molecule has 6 heteroatoms. The quantitative estimate of drug-likeness (QED) is 0.691. The molecule has 3 rings (SSSR count). The van der Waals surface area contributed by atoms with E-state index in [0.29, 0.717) is 12.3 Å². The number of carboxylic acids is 1. The molecule has 0 aliphatic carbocycles. The second-order valence-electron chi connectivity index (χ2n) is 5.78. The molecule has 0 saturated carbocycles. The second kappa shape index (κ2) is 7.36. The zero-order chi connectivity index (χ0) is 17.8. The number of nitrogens with zero attached hydrogens (tertiary/aromatic N) is 2. The third-order valence-corrected chi connectivity index (χ3v) is 3.99. The number of aliphatic hydroxyl groups is 1. The molecular weight excluding hydrogens is 320 g/mol. The molecule has 1 aromatic heterocycles. The summed E-state index contributed by atoms with van der Waals surface area (Å²) < 4.78 is 7.57. The third-order valence-electron chi connectivity index (χ3n) is 3.99. The minimum Gasteiger partial charge on any atom is -0.491 e. The first-order chi connectivity index (χ1) is 12.1. The molecule has 2 aromatic carbocycles. The van der Waals surface area contributed by atoms with E-state index in [4.69, 9.17) is 9.84 Å². The maximum atomic E-state index is 10.8. The lowest BCUT2D eigenvalue weighted by Crippen LogP contribution is -2.24. The van der Waals surface area contributed by atoms with Gasteiger partial charge in [-0.3, -0.25) is 0 Å². The standard InChI is InChI=1S/C19H20N2O4/c1-2-18-20-16-5-3-4-6-17(16)21(18)11-14(22)12-25-15-9-7-13(8-10-15)19(23)24/h3-10,14,22H,2,11-12H2,1H3,(H,23,24)/t14-/m0/s1. The number of carboxylic acid groups (broad SMARTS) is 1. The number of aromatic carboxylic acids is 1. The van der Waals surface area contributed by atoms with Crippen molar-refractivity contribution < 1.29 is 19.7 Å². The van der Waals surface area contributed by atoms with Crippen molar-refractivity contribution in [2.75, 3.05) is 6.61 Å². The normalized spacial score (nSPS) is 12.2. The highest BCUT2D eigenvalue weighted by Crippen LogP contribution is 2.18. The van der Waals surface area contributed by atoms with Crippen LogP contribution in [-0.2, 0) is 13.0 Å². The number of fused-ring (bicyclic) bond motifs is 1. The summed E-state index contributed by atoms with van der Waals surface area (Å²) >= 11 is 0. The topological polar surface area (TPSA) is 84.6 Å². The van der Waals surface area contributed by atoms with E-state index in [1.807, 2.05) is 35.8 Å². The highest BCUT2D eigenvalue weighted by molar-refractivity contribution is 5.87. The lowest BCUT2D eigenvalue weighted by atomic mass is 10.2. The van der Waals surface area contributed by atoms with Crippen molar-refractivity contribution in [1.29, 1.82) is 0 Å².